The minimum atomic E-state index is 0.784. The maximum atomic E-state index is 6.52. The van der Waals surface area contributed by atoms with E-state index in [-0.39, 0.29) is 0 Å². The molecule has 13 rings (SSSR count). The Morgan fingerprint density at radius 1 is 0.379 bits per heavy atom. The number of benzene rings is 9. The predicted octanol–water partition coefficient (Wildman–Crippen LogP) is 17.0. The Kier molecular flexibility index (Phi) is 8.84. The summed E-state index contributed by atoms with van der Waals surface area (Å²) in [4.78, 5) is 4.69. The summed E-state index contributed by atoms with van der Waals surface area (Å²) in [5, 5.41) is 5.62. The molecule has 0 aliphatic heterocycles. The molecule has 0 spiro atoms. The molecule has 3 aromatic heterocycles. The van der Waals surface area contributed by atoms with Crippen LogP contribution in [-0.2, 0) is 6.42 Å². The van der Waals surface area contributed by atoms with Crippen LogP contribution in [0.4, 0.5) is 34.1 Å². The number of rotatable bonds is 8. The Bertz CT molecular complexity index is 3680. The number of nitrogens with zero attached hydrogens (tertiary/aromatic N) is 3. The second kappa shape index (κ2) is 15.5. The molecule has 0 unspecified atom stereocenters. The topological polar surface area (TPSA) is 37.7 Å². The Balaban J connectivity index is 1.07. The Morgan fingerprint density at radius 2 is 0.864 bits per heavy atom. The average molecular weight is 848 g/mol. The average Bonchev–Trinajstić information content (AvgIpc) is 3.97. The molecule has 3 heterocycles. The number of fused-ring (bicyclic) bond motifs is 9. The van der Waals surface area contributed by atoms with E-state index in [1.807, 2.05) is 24.3 Å². The summed E-state index contributed by atoms with van der Waals surface area (Å²) in [6, 6.07) is 77.4. The molecule has 1 aliphatic carbocycles. The standard InChI is InChI=1S/C61H41N3O2/c1-4-18-43(19-5-1)62(46-31-33-53-51-25-11-14-29-58(51)65-60(53)39-46)48-35-42(41-17-16-28-57-55(37-41)50-24-10-13-27-56(50)64(57)45-22-8-3-9-23-45)36-49(38-48)63(44-20-6-2-7-21-44)47-32-34-54-52-26-12-15-30-59(52)66-61(54)40-47/h1-27,29-40H,28H2. The summed E-state index contributed by atoms with van der Waals surface area (Å²) in [6.45, 7) is 0. The molecular weight excluding hydrogens is 807 g/mol. The molecule has 5 nitrogen and oxygen atoms in total. The van der Waals surface area contributed by atoms with Gasteiger partial charge in [-0.15, -0.1) is 0 Å². The molecule has 0 saturated carbocycles. The van der Waals surface area contributed by atoms with Crippen LogP contribution in [0.25, 0.3) is 72.1 Å². The van der Waals surface area contributed by atoms with Gasteiger partial charge in [-0.05, 0) is 114 Å². The van der Waals surface area contributed by atoms with Gasteiger partial charge in [0.1, 0.15) is 22.3 Å². The summed E-state index contributed by atoms with van der Waals surface area (Å²) in [6.07, 6.45) is 7.79. The van der Waals surface area contributed by atoms with E-state index in [9.17, 15) is 0 Å². The monoisotopic (exact) mass is 847 g/mol. The molecule has 312 valence electrons. The zero-order valence-electron chi connectivity index (χ0n) is 35.9. The SMILES string of the molecule is C1=CC(c2cc(N(c3ccccc3)c3ccc4c(c3)oc3ccccc34)cc(N(c3ccccc3)c3ccc4c(c3)oc3ccccc34)c2)=Cc2c(n(-c3ccccc3)c3ccccc23)C1. The molecule has 9 aromatic carbocycles. The van der Waals surface area contributed by atoms with Gasteiger partial charge in [0.2, 0.25) is 0 Å². The van der Waals surface area contributed by atoms with Crippen LogP contribution in [0, 0.1) is 0 Å². The second-order valence-corrected chi connectivity index (χ2v) is 16.9. The maximum absolute atomic E-state index is 6.52. The van der Waals surface area contributed by atoms with E-state index in [0.29, 0.717) is 0 Å². The molecule has 0 saturated heterocycles. The van der Waals surface area contributed by atoms with Crippen molar-refractivity contribution in [2.75, 3.05) is 9.80 Å². The number of hydrogen-bond donors (Lipinski definition) is 0. The van der Waals surface area contributed by atoms with E-state index in [1.54, 1.807) is 0 Å². The smallest absolute Gasteiger partial charge is 0.137 e. The zero-order chi connectivity index (χ0) is 43.6. The lowest BCUT2D eigenvalue weighted by atomic mass is 9.99. The highest BCUT2D eigenvalue weighted by Crippen LogP contribution is 2.46. The Morgan fingerprint density at radius 3 is 1.44 bits per heavy atom. The van der Waals surface area contributed by atoms with Gasteiger partial charge < -0.3 is 23.2 Å². The minimum absolute atomic E-state index is 0.784. The molecule has 0 bridgehead atoms. The van der Waals surface area contributed by atoms with Gasteiger partial charge in [-0.25, -0.2) is 0 Å². The normalized spacial score (nSPS) is 12.5. The van der Waals surface area contributed by atoms with Crippen LogP contribution in [-0.4, -0.2) is 4.57 Å². The van der Waals surface area contributed by atoms with Crippen molar-refractivity contribution in [1.29, 1.82) is 0 Å². The van der Waals surface area contributed by atoms with Crippen LogP contribution in [0.1, 0.15) is 16.8 Å². The number of furan rings is 2. The number of anilines is 6. The fourth-order valence-corrected chi connectivity index (χ4v) is 10.0. The molecule has 0 fully saturated rings. The number of allylic oxidation sites excluding steroid dienone is 3. The first kappa shape index (κ1) is 37.7. The van der Waals surface area contributed by atoms with Crippen LogP contribution in [0.15, 0.2) is 239 Å². The van der Waals surface area contributed by atoms with E-state index in [1.165, 1.54) is 22.2 Å². The number of para-hydroxylation sites is 6. The molecule has 0 N–H and O–H groups in total. The first-order chi connectivity index (χ1) is 32.7. The summed E-state index contributed by atoms with van der Waals surface area (Å²) < 4.78 is 15.5. The highest BCUT2D eigenvalue weighted by atomic mass is 16.3. The highest BCUT2D eigenvalue weighted by Gasteiger charge is 2.24. The lowest BCUT2D eigenvalue weighted by Gasteiger charge is -2.30. The Hall–Kier alpha value is -8.80. The number of hydrogen-bond acceptors (Lipinski definition) is 4. The van der Waals surface area contributed by atoms with Crippen molar-refractivity contribution in [1.82, 2.24) is 4.57 Å². The first-order valence-electron chi connectivity index (χ1n) is 22.5. The van der Waals surface area contributed by atoms with Gasteiger partial charge in [-0.2, -0.15) is 0 Å². The van der Waals surface area contributed by atoms with E-state index in [2.05, 4.69) is 227 Å². The molecular formula is C61H41N3O2. The van der Waals surface area contributed by atoms with Crippen molar-refractivity contribution in [3.63, 3.8) is 0 Å². The van der Waals surface area contributed by atoms with E-state index >= 15 is 0 Å². The lowest BCUT2D eigenvalue weighted by molar-refractivity contribution is 0.668. The molecule has 12 aromatic rings. The first-order valence-corrected chi connectivity index (χ1v) is 22.5. The molecule has 0 atom stereocenters. The third-order valence-corrected chi connectivity index (χ3v) is 13.0. The number of aromatic nitrogens is 1. The second-order valence-electron chi connectivity index (χ2n) is 16.9. The molecule has 1 aliphatic rings. The van der Waals surface area contributed by atoms with Gasteiger partial charge in [0.15, 0.2) is 0 Å². The molecule has 66 heavy (non-hydrogen) atoms. The van der Waals surface area contributed by atoms with Crippen LogP contribution in [0.3, 0.4) is 0 Å². The van der Waals surface area contributed by atoms with E-state index < -0.39 is 0 Å². The van der Waals surface area contributed by atoms with Crippen molar-refractivity contribution in [3.8, 4) is 5.69 Å². The fraction of sp³-hybridized carbons (Fsp3) is 0.0164. The van der Waals surface area contributed by atoms with Crippen molar-refractivity contribution >= 4 is 101 Å². The van der Waals surface area contributed by atoms with Gasteiger partial charge in [-0.1, -0.05) is 121 Å². The summed E-state index contributed by atoms with van der Waals surface area (Å²) in [7, 11) is 0. The van der Waals surface area contributed by atoms with Gasteiger partial charge in [0.25, 0.3) is 0 Å². The van der Waals surface area contributed by atoms with Crippen LogP contribution in [0.2, 0.25) is 0 Å². The fourth-order valence-electron chi connectivity index (χ4n) is 10.0. The van der Waals surface area contributed by atoms with Gasteiger partial charge >= 0.3 is 0 Å². The predicted molar refractivity (Wildman–Crippen MR) is 274 cm³/mol. The quantitative estimate of drug-likeness (QED) is 0.153. The van der Waals surface area contributed by atoms with Crippen molar-refractivity contribution in [2.24, 2.45) is 0 Å². The third kappa shape index (κ3) is 6.32. The molecule has 0 amide bonds. The van der Waals surface area contributed by atoms with Crippen molar-refractivity contribution in [2.45, 2.75) is 6.42 Å². The van der Waals surface area contributed by atoms with Crippen LogP contribution in [0.5, 0.6) is 0 Å². The molecule has 5 heteroatoms. The highest BCUT2D eigenvalue weighted by molar-refractivity contribution is 6.08. The minimum Gasteiger partial charge on any atom is -0.456 e. The molecule has 0 radical (unpaired) electrons. The zero-order valence-corrected chi connectivity index (χ0v) is 35.9. The lowest BCUT2D eigenvalue weighted by Crippen LogP contribution is -2.14. The summed E-state index contributed by atoms with van der Waals surface area (Å²) in [5.41, 5.74) is 16.5. The largest absolute Gasteiger partial charge is 0.456 e. The van der Waals surface area contributed by atoms with Crippen LogP contribution >= 0.6 is 0 Å². The van der Waals surface area contributed by atoms with Gasteiger partial charge in [0, 0.05) is 96.6 Å². The maximum Gasteiger partial charge on any atom is 0.137 e. The summed E-state index contributed by atoms with van der Waals surface area (Å²) in [5.74, 6) is 0. The Labute approximate surface area is 381 Å². The summed E-state index contributed by atoms with van der Waals surface area (Å²) >= 11 is 0. The van der Waals surface area contributed by atoms with Gasteiger partial charge in [-0.3, -0.25) is 0 Å². The van der Waals surface area contributed by atoms with E-state index in [0.717, 1.165) is 101 Å². The van der Waals surface area contributed by atoms with Crippen molar-refractivity contribution < 1.29 is 8.83 Å². The van der Waals surface area contributed by atoms with Crippen LogP contribution < -0.4 is 9.80 Å². The third-order valence-electron chi connectivity index (χ3n) is 13.0. The van der Waals surface area contributed by atoms with Crippen molar-refractivity contribution in [3.05, 3.63) is 247 Å². The van der Waals surface area contributed by atoms with Gasteiger partial charge in [0.05, 0.1) is 5.52 Å². The van der Waals surface area contributed by atoms with E-state index in [4.69, 9.17) is 8.83 Å².